The zero-order chi connectivity index (χ0) is 14.1. The predicted octanol–water partition coefficient (Wildman–Crippen LogP) is 4.69. The van der Waals surface area contributed by atoms with Crippen molar-refractivity contribution in [2.45, 2.75) is 52.4 Å². The highest BCUT2D eigenvalue weighted by Crippen LogP contribution is 2.33. The van der Waals surface area contributed by atoms with Crippen LogP contribution < -0.4 is 0 Å². The first kappa shape index (κ1) is 15.4. The highest BCUT2D eigenvalue weighted by Gasteiger charge is 2.20. The second-order valence-electron chi connectivity index (χ2n) is 6.78. The summed E-state index contributed by atoms with van der Waals surface area (Å²) in [5.74, 6) is 0. The van der Waals surface area contributed by atoms with Crippen LogP contribution in [0.1, 0.15) is 52.7 Å². The van der Waals surface area contributed by atoms with E-state index >= 15 is 0 Å². The average molecular weight is 266 g/mol. The molecule has 0 heterocycles. The molecule has 3 heteroatoms. The third kappa shape index (κ3) is 4.21. The van der Waals surface area contributed by atoms with Gasteiger partial charge in [0.25, 0.3) is 0 Å². The molecule has 0 fully saturated rings. The van der Waals surface area contributed by atoms with Gasteiger partial charge >= 0.3 is 0 Å². The first-order chi connectivity index (χ1) is 8.00. The Morgan fingerprint density at radius 3 is 1.56 bits per heavy atom. The van der Waals surface area contributed by atoms with Crippen LogP contribution in [0.25, 0.3) is 0 Å². The minimum atomic E-state index is -1.16. The van der Waals surface area contributed by atoms with E-state index in [1.54, 1.807) is 6.26 Å². The molecule has 1 rings (SSSR count). The summed E-state index contributed by atoms with van der Waals surface area (Å²) in [7, 11) is -1.16. The number of nitrogens with zero attached hydrogens (tertiary/aromatic N) is 1. The summed E-state index contributed by atoms with van der Waals surface area (Å²) in [5.41, 5.74) is 3.42. The van der Waals surface area contributed by atoms with Crippen molar-refractivity contribution < 1.29 is 4.55 Å². The molecule has 0 N–H and O–H groups in total. The van der Waals surface area contributed by atoms with Crippen molar-refractivity contribution in [2.75, 3.05) is 6.26 Å². The maximum atomic E-state index is 11.3. The lowest BCUT2D eigenvalue weighted by atomic mass is 9.80. The van der Waals surface area contributed by atoms with Crippen LogP contribution in [0, 0.1) is 0 Å². The molecule has 0 aliphatic carbocycles. The van der Waals surface area contributed by atoms with Crippen LogP contribution in [0.3, 0.4) is 0 Å². The van der Waals surface area contributed by atoms with Gasteiger partial charge in [-0.15, -0.1) is 4.55 Å². The van der Waals surface area contributed by atoms with E-state index in [4.69, 9.17) is 0 Å². The molecule has 101 valence electrons. The van der Waals surface area contributed by atoms with E-state index in [0.29, 0.717) is 0 Å². The maximum Gasteiger partial charge on any atom is 0.0735 e. The molecule has 18 heavy (non-hydrogen) atoms. The van der Waals surface area contributed by atoms with E-state index in [2.05, 4.69) is 52.0 Å². The third-order valence-corrected chi connectivity index (χ3v) is 3.35. The highest BCUT2D eigenvalue weighted by molar-refractivity contribution is 7.80. The number of hydrogen-bond acceptors (Lipinski definition) is 1. The largest absolute Gasteiger partial charge is 0.199 e. The monoisotopic (exact) mass is 266 g/mol. The summed E-state index contributed by atoms with van der Waals surface area (Å²) < 4.78 is 15.5. The van der Waals surface area contributed by atoms with Crippen molar-refractivity contribution >= 4 is 16.7 Å². The zero-order valence-electron chi connectivity index (χ0n) is 12.5. The second kappa shape index (κ2) is 5.14. The lowest BCUT2D eigenvalue weighted by Gasteiger charge is -2.25. The minimum Gasteiger partial charge on any atom is -0.199 e. The molecule has 1 aromatic rings. The fourth-order valence-electron chi connectivity index (χ4n) is 1.68. The van der Waals surface area contributed by atoms with Gasteiger partial charge in [0.15, 0.2) is 0 Å². The van der Waals surface area contributed by atoms with Gasteiger partial charge in [0.1, 0.15) is 0 Å². The minimum absolute atomic E-state index is 0.0702. The van der Waals surface area contributed by atoms with E-state index in [1.165, 1.54) is 11.1 Å². The molecule has 0 aromatic heterocycles. The molecule has 0 aliphatic heterocycles. The van der Waals surface area contributed by atoms with E-state index in [9.17, 15) is 4.55 Å². The van der Waals surface area contributed by atoms with Gasteiger partial charge in [-0.3, -0.25) is 0 Å². The van der Waals surface area contributed by atoms with Gasteiger partial charge in [0, 0.05) is 6.26 Å². The van der Waals surface area contributed by atoms with Gasteiger partial charge in [-0.2, -0.15) is 4.36 Å². The molecule has 1 aromatic carbocycles. The Kier molecular flexibility index (Phi) is 4.39. The van der Waals surface area contributed by atoms with E-state index in [1.807, 2.05) is 12.1 Å². The highest BCUT2D eigenvalue weighted by atomic mass is 32.2. The van der Waals surface area contributed by atoms with Gasteiger partial charge in [-0.25, -0.2) is 0 Å². The fraction of sp³-hybridized carbons (Fsp3) is 0.600. The van der Waals surface area contributed by atoms with Crippen LogP contribution in [-0.2, 0) is 26.4 Å². The Balaban J connectivity index is 3.44. The number of benzene rings is 1. The first-order valence-corrected chi connectivity index (χ1v) is 7.73. The quantitative estimate of drug-likeness (QED) is 0.706. The van der Waals surface area contributed by atoms with Crippen molar-refractivity contribution in [2.24, 2.45) is 4.36 Å². The van der Waals surface area contributed by atoms with Gasteiger partial charge in [0.05, 0.1) is 16.7 Å². The normalized spacial score (nSPS) is 14.9. The van der Waals surface area contributed by atoms with Gasteiger partial charge in [-0.05, 0) is 34.1 Å². The molecular formula is C15H24NOS. The summed E-state index contributed by atoms with van der Waals surface area (Å²) in [6, 6.07) is 6.31. The first-order valence-electron chi connectivity index (χ1n) is 6.21. The summed E-state index contributed by atoms with van der Waals surface area (Å²) >= 11 is 0. The van der Waals surface area contributed by atoms with Crippen LogP contribution in [0.5, 0.6) is 0 Å². The second-order valence-corrected chi connectivity index (χ2v) is 7.81. The van der Waals surface area contributed by atoms with Crippen LogP contribution in [0.2, 0.25) is 0 Å². The van der Waals surface area contributed by atoms with Crippen LogP contribution >= 0.6 is 0 Å². The van der Waals surface area contributed by atoms with E-state index < -0.39 is 11.0 Å². The standard InChI is InChI=1S/C15H24NOS/c1-14(2,3)11-8-12(15(4,5)6)10-13(9-11)16-18(7)17/h8-10H,1-7H3. The molecular weight excluding hydrogens is 242 g/mol. The van der Waals surface area contributed by atoms with E-state index in [0.717, 1.165) is 5.69 Å². The SMILES string of the molecule is CS([O])=Nc1cc(C(C)(C)C)cc(C(C)(C)C)c1. The topological polar surface area (TPSA) is 32.3 Å². The average Bonchev–Trinajstić information content (AvgIpc) is 2.13. The smallest absolute Gasteiger partial charge is 0.0735 e. The number of hydrogen-bond donors (Lipinski definition) is 0. The van der Waals surface area contributed by atoms with E-state index in [-0.39, 0.29) is 10.8 Å². The Labute approximate surface area is 114 Å². The van der Waals surface area contributed by atoms with Crippen LogP contribution in [0.15, 0.2) is 22.6 Å². The van der Waals surface area contributed by atoms with Crippen LogP contribution in [0.4, 0.5) is 5.69 Å². The van der Waals surface area contributed by atoms with Crippen molar-refractivity contribution in [1.29, 1.82) is 0 Å². The summed E-state index contributed by atoms with van der Waals surface area (Å²) in [5, 5.41) is 0. The third-order valence-electron chi connectivity index (χ3n) is 2.88. The van der Waals surface area contributed by atoms with Crippen molar-refractivity contribution in [3.05, 3.63) is 29.3 Å². The predicted molar refractivity (Wildman–Crippen MR) is 79.9 cm³/mol. The molecule has 1 atom stereocenters. The van der Waals surface area contributed by atoms with Crippen LogP contribution in [-0.4, -0.2) is 6.26 Å². The van der Waals surface area contributed by atoms with Gasteiger partial charge < -0.3 is 0 Å². The number of rotatable bonds is 1. The van der Waals surface area contributed by atoms with Crippen molar-refractivity contribution in [3.8, 4) is 0 Å². The van der Waals surface area contributed by atoms with Gasteiger partial charge in [-0.1, -0.05) is 47.6 Å². The lowest BCUT2D eigenvalue weighted by molar-refractivity contribution is 0.522. The molecule has 0 amide bonds. The Morgan fingerprint density at radius 1 is 0.889 bits per heavy atom. The molecule has 1 radical (unpaired) electrons. The Bertz CT molecular complexity index is 428. The lowest BCUT2D eigenvalue weighted by Crippen LogP contribution is -2.16. The maximum absolute atomic E-state index is 11.3. The summed E-state index contributed by atoms with van der Waals surface area (Å²) in [6.07, 6.45) is 1.60. The molecule has 0 saturated carbocycles. The molecule has 1 unspecified atom stereocenters. The Hall–Kier alpha value is -0.670. The Morgan fingerprint density at radius 2 is 1.28 bits per heavy atom. The molecule has 0 saturated heterocycles. The van der Waals surface area contributed by atoms with Gasteiger partial charge in [0.2, 0.25) is 0 Å². The molecule has 0 aliphatic rings. The van der Waals surface area contributed by atoms with Crippen molar-refractivity contribution in [1.82, 2.24) is 0 Å². The zero-order valence-corrected chi connectivity index (χ0v) is 13.3. The molecule has 0 spiro atoms. The molecule has 0 bridgehead atoms. The van der Waals surface area contributed by atoms with Crippen molar-refractivity contribution in [3.63, 3.8) is 0 Å². The summed E-state index contributed by atoms with van der Waals surface area (Å²) in [6.45, 7) is 13.1. The fourth-order valence-corrected chi connectivity index (χ4v) is 2.08. The molecule has 2 nitrogen and oxygen atoms in total. The summed E-state index contributed by atoms with van der Waals surface area (Å²) in [4.78, 5) is 0.